The van der Waals surface area contributed by atoms with Crippen molar-refractivity contribution in [3.05, 3.63) is 0 Å². The highest BCUT2D eigenvalue weighted by molar-refractivity contribution is 5.78. The van der Waals surface area contributed by atoms with E-state index in [2.05, 4.69) is 16.0 Å². The van der Waals surface area contributed by atoms with Gasteiger partial charge in [-0.15, -0.1) is 0 Å². The SMILES string of the molecule is O=C(CCNC(=O)NC12CC3CC(CC(C3)C1)C2)NC1CCC(C(=O)O)CC1. The number of aliphatic carboxylic acids is 1. The maximum atomic E-state index is 12.4. The highest BCUT2D eigenvalue weighted by Gasteiger charge is 2.51. The summed E-state index contributed by atoms with van der Waals surface area (Å²) in [5.41, 5.74) is -0.0100. The van der Waals surface area contributed by atoms with Crippen molar-refractivity contribution >= 4 is 17.9 Å². The fourth-order valence-electron chi connectivity index (χ4n) is 6.62. The largest absolute Gasteiger partial charge is 0.481 e. The number of rotatable bonds is 6. The number of urea groups is 1. The predicted molar refractivity (Wildman–Crippen MR) is 104 cm³/mol. The molecule has 0 unspecified atom stereocenters. The van der Waals surface area contributed by atoms with Gasteiger partial charge in [-0.1, -0.05) is 0 Å². The van der Waals surface area contributed by atoms with Crippen LogP contribution in [0.4, 0.5) is 4.79 Å². The maximum Gasteiger partial charge on any atom is 0.315 e. The van der Waals surface area contributed by atoms with E-state index in [1.165, 1.54) is 19.3 Å². The van der Waals surface area contributed by atoms with E-state index in [1.807, 2.05) is 0 Å². The lowest BCUT2D eigenvalue weighted by Gasteiger charge is -2.56. The molecule has 5 aliphatic carbocycles. The maximum absolute atomic E-state index is 12.4. The molecule has 0 aromatic heterocycles. The summed E-state index contributed by atoms with van der Waals surface area (Å²) in [7, 11) is 0. The molecule has 0 spiro atoms. The Bertz CT molecular complexity index is 592. The molecule has 7 heteroatoms. The van der Waals surface area contributed by atoms with E-state index in [0.717, 1.165) is 37.0 Å². The van der Waals surface area contributed by atoms with E-state index in [9.17, 15) is 14.4 Å². The first-order chi connectivity index (χ1) is 13.4. The van der Waals surface area contributed by atoms with Crippen molar-refractivity contribution in [2.24, 2.45) is 23.7 Å². The number of hydrogen-bond acceptors (Lipinski definition) is 3. The van der Waals surface area contributed by atoms with Gasteiger partial charge in [0, 0.05) is 24.5 Å². The van der Waals surface area contributed by atoms with Crippen molar-refractivity contribution in [2.45, 2.75) is 82.2 Å². The van der Waals surface area contributed by atoms with Crippen LogP contribution in [-0.2, 0) is 9.59 Å². The van der Waals surface area contributed by atoms with Gasteiger partial charge in [-0.25, -0.2) is 4.79 Å². The number of carbonyl (C=O) groups is 3. The van der Waals surface area contributed by atoms with E-state index in [-0.39, 0.29) is 35.9 Å². The van der Waals surface area contributed by atoms with Gasteiger partial charge in [-0.3, -0.25) is 9.59 Å². The number of amides is 3. The number of carbonyl (C=O) groups excluding carboxylic acids is 2. The molecule has 3 amide bonds. The first-order valence-corrected chi connectivity index (χ1v) is 11.0. The minimum Gasteiger partial charge on any atom is -0.481 e. The Kier molecular flexibility index (Phi) is 5.52. The quantitative estimate of drug-likeness (QED) is 0.558. The van der Waals surface area contributed by atoms with Crippen LogP contribution in [0.3, 0.4) is 0 Å². The Morgan fingerprint density at radius 3 is 2.00 bits per heavy atom. The Morgan fingerprint density at radius 1 is 0.893 bits per heavy atom. The topological polar surface area (TPSA) is 108 Å². The van der Waals surface area contributed by atoms with Gasteiger partial charge in [0.2, 0.25) is 5.91 Å². The molecular formula is C21H33N3O4. The molecule has 5 rings (SSSR count). The Morgan fingerprint density at radius 2 is 1.46 bits per heavy atom. The van der Waals surface area contributed by atoms with Gasteiger partial charge < -0.3 is 21.1 Å². The average molecular weight is 392 g/mol. The lowest BCUT2D eigenvalue weighted by Crippen LogP contribution is -2.61. The molecule has 5 aliphatic rings. The van der Waals surface area contributed by atoms with Crippen molar-refractivity contribution in [2.75, 3.05) is 6.54 Å². The molecule has 0 aromatic carbocycles. The Labute approximate surface area is 166 Å². The molecule has 156 valence electrons. The standard InChI is InChI=1S/C21H33N3O4/c25-18(23-17-3-1-16(2-4-17)19(26)27)5-6-22-20(28)24-21-10-13-7-14(11-21)9-15(8-13)12-21/h13-17H,1-12H2,(H,23,25)(H,26,27)(H2,22,24,28). The molecule has 0 saturated heterocycles. The third-order valence-corrected chi connectivity index (χ3v) is 7.50. The Balaban J connectivity index is 1.14. The van der Waals surface area contributed by atoms with Crippen LogP contribution in [0.5, 0.6) is 0 Å². The normalized spacial score (nSPS) is 38.6. The van der Waals surface area contributed by atoms with Crippen molar-refractivity contribution in [1.29, 1.82) is 0 Å². The zero-order valence-electron chi connectivity index (χ0n) is 16.5. The third-order valence-electron chi connectivity index (χ3n) is 7.50. The van der Waals surface area contributed by atoms with Gasteiger partial charge in [0.05, 0.1) is 5.92 Å². The Hall–Kier alpha value is -1.79. The van der Waals surface area contributed by atoms with Gasteiger partial charge in [0.15, 0.2) is 0 Å². The number of carboxylic acid groups (broad SMARTS) is 1. The van der Waals surface area contributed by atoms with Crippen LogP contribution in [0.25, 0.3) is 0 Å². The minimum absolute atomic E-state index is 0.0100. The number of carboxylic acids is 1. The molecule has 0 radical (unpaired) electrons. The van der Waals surface area contributed by atoms with Crippen LogP contribution < -0.4 is 16.0 Å². The molecule has 28 heavy (non-hydrogen) atoms. The van der Waals surface area contributed by atoms with Crippen LogP contribution >= 0.6 is 0 Å². The molecule has 5 saturated carbocycles. The second kappa shape index (κ2) is 7.91. The van der Waals surface area contributed by atoms with E-state index >= 15 is 0 Å². The number of nitrogens with one attached hydrogen (secondary N) is 3. The summed E-state index contributed by atoms with van der Waals surface area (Å²) < 4.78 is 0. The lowest BCUT2D eigenvalue weighted by atomic mass is 9.53. The van der Waals surface area contributed by atoms with E-state index in [4.69, 9.17) is 5.11 Å². The fourth-order valence-corrected chi connectivity index (χ4v) is 6.62. The molecule has 4 bridgehead atoms. The van der Waals surface area contributed by atoms with Crippen molar-refractivity contribution in [3.63, 3.8) is 0 Å². The van der Waals surface area contributed by atoms with E-state index in [0.29, 0.717) is 32.2 Å². The van der Waals surface area contributed by atoms with Gasteiger partial charge in [0.25, 0.3) is 0 Å². The van der Waals surface area contributed by atoms with Gasteiger partial charge in [-0.2, -0.15) is 0 Å². The summed E-state index contributed by atoms with van der Waals surface area (Å²) in [5.74, 6) is 1.27. The van der Waals surface area contributed by atoms with Gasteiger partial charge >= 0.3 is 12.0 Å². The van der Waals surface area contributed by atoms with Crippen LogP contribution in [0.1, 0.15) is 70.6 Å². The van der Waals surface area contributed by atoms with Crippen LogP contribution in [0, 0.1) is 23.7 Å². The van der Waals surface area contributed by atoms with Crippen LogP contribution in [0.2, 0.25) is 0 Å². The highest BCUT2D eigenvalue weighted by Crippen LogP contribution is 2.55. The minimum atomic E-state index is -0.737. The van der Waals surface area contributed by atoms with E-state index < -0.39 is 5.97 Å². The number of hydrogen-bond donors (Lipinski definition) is 4. The van der Waals surface area contributed by atoms with Crippen molar-refractivity contribution < 1.29 is 19.5 Å². The predicted octanol–water partition coefficient (Wildman–Crippen LogP) is 2.40. The van der Waals surface area contributed by atoms with Crippen molar-refractivity contribution in [1.82, 2.24) is 16.0 Å². The first-order valence-electron chi connectivity index (χ1n) is 11.0. The summed E-state index contributed by atoms with van der Waals surface area (Å²) in [6.45, 7) is 0.328. The molecule has 7 nitrogen and oxygen atoms in total. The lowest BCUT2D eigenvalue weighted by molar-refractivity contribution is -0.142. The monoisotopic (exact) mass is 391 g/mol. The van der Waals surface area contributed by atoms with Crippen LogP contribution in [0.15, 0.2) is 0 Å². The summed E-state index contributed by atoms with van der Waals surface area (Å²) in [6.07, 6.45) is 10.3. The smallest absolute Gasteiger partial charge is 0.315 e. The van der Waals surface area contributed by atoms with Gasteiger partial charge in [-0.05, 0) is 82.0 Å². The van der Waals surface area contributed by atoms with E-state index in [1.54, 1.807) is 0 Å². The second-order valence-corrected chi connectivity index (χ2v) is 9.78. The molecule has 0 aliphatic heterocycles. The van der Waals surface area contributed by atoms with Crippen LogP contribution in [-0.4, -0.2) is 41.1 Å². The molecule has 4 N–H and O–H groups in total. The zero-order valence-corrected chi connectivity index (χ0v) is 16.5. The highest BCUT2D eigenvalue weighted by atomic mass is 16.4. The summed E-state index contributed by atoms with van der Waals surface area (Å²) in [4.78, 5) is 35.5. The summed E-state index contributed by atoms with van der Waals surface area (Å²) in [5, 5.41) is 18.1. The fraction of sp³-hybridized carbons (Fsp3) is 0.857. The summed E-state index contributed by atoms with van der Waals surface area (Å²) >= 11 is 0. The molecule has 0 atom stereocenters. The molecule has 0 heterocycles. The first kappa shape index (κ1) is 19.5. The molecule has 5 fully saturated rings. The second-order valence-electron chi connectivity index (χ2n) is 9.78. The van der Waals surface area contributed by atoms with Gasteiger partial charge in [0.1, 0.15) is 0 Å². The third kappa shape index (κ3) is 4.44. The van der Waals surface area contributed by atoms with Crippen molar-refractivity contribution in [3.8, 4) is 0 Å². The summed E-state index contributed by atoms with van der Waals surface area (Å²) in [6, 6.07) is -0.0827. The average Bonchev–Trinajstić information content (AvgIpc) is 2.60. The molecular weight excluding hydrogens is 358 g/mol. The molecule has 0 aromatic rings. The zero-order chi connectivity index (χ0) is 19.7.